The second-order valence-corrected chi connectivity index (χ2v) is 14.2. The molecule has 0 bridgehead atoms. The van der Waals surface area contributed by atoms with E-state index in [2.05, 4.69) is 157 Å². The lowest BCUT2D eigenvalue weighted by Crippen LogP contribution is -2.15. The summed E-state index contributed by atoms with van der Waals surface area (Å²) in [5, 5.41) is 2.49. The molecule has 0 fully saturated rings. The van der Waals surface area contributed by atoms with Gasteiger partial charge in [-0.2, -0.15) is 0 Å². The van der Waals surface area contributed by atoms with Crippen LogP contribution in [0, 0.1) is 6.92 Å². The molecule has 2 heterocycles. The molecule has 54 heavy (non-hydrogen) atoms. The van der Waals surface area contributed by atoms with E-state index >= 15 is 0 Å². The smallest absolute Gasteiger partial charge is 0.130 e. The quantitative estimate of drug-likeness (QED) is 0.176. The third-order valence-electron chi connectivity index (χ3n) is 10.8. The standard InChI is InChI=1S/C43H33N3O.C7H8/c44-37-14-6-4-12-34(37)43(45)28-19-17-27(18-20-28)32-13-8-16-41-42(32)36-26-30(22-24-40(36)47-41)29-21-23-39-35(25-29)33-11-5-7-15-38(33)46(39)31-9-2-1-3-10-31;1-7-5-3-2-4-6-7/h1-26,32,42-43H,44-45H2;2-6H,1H3. The van der Waals surface area contributed by atoms with Crippen molar-refractivity contribution in [2.24, 2.45) is 5.73 Å². The number of aromatic nitrogens is 1. The molecule has 3 atom stereocenters. The van der Waals surface area contributed by atoms with Gasteiger partial charge < -0.3 is 20.8 Å². The Kier molecular flexibility index (Phi) is 8.66. The Hall–Kier alpha value is -6.62. The number of benzene rings is 7. The van der Waals surface area contributed by atoms with Gasteiger partial charge in [-0.3, -0.25) is 0 Å². The molecule has 0 saturated carbocycles. The number of ether oxygens (including phenoxy) is 1. The van der Waals surface area contributed by atoms with E-state index < -0.39 is 0 Å². The van der Waals surface area contributed by atoms with E-state index in [1.165, 1.54) is 49.6 Å². The van der Waals surface area contributed by atoms with E-state index in [4.69, 9.17) is 16.2 Å². The molecule has 0 amide bonds. The zero-order valence-electron chi connectivity index (χ0n) is 30.1. The average Bonchev–Trinajstić information content (AvgIpc) is 3.77. The van der Waals surface area contributed by atoms with Gasteiger partial charge in [0, 0.05) is 33.6 Å². The number of fused-ring (bicyclic) bond motifs is 6. The monoisotopic (exact) mass is 699 g/mol. The van der Waals surface area contributed by atoms with Crippen molar-refractivity contribution in [1.82, 2.24) is 4.57 Å². The number of anilines is 1. The third-order valence-corrected chi connectivity index (χ3v) is 10.8. The maximum Gasteiger partial charge on any atom is 0.130 e. The van der Waals surface area contributed by atoms with Gasteiger partial charge >= 0.3 is 0 Å². The number of nitrogens with zero attached hydrogens (tertiary/aromatic N) is 1. The van der Waals surface area contributed by atoms with Gasteiger partial charge in [0.15, 0.2) is 0 Å². The number of hydrogen-bond donors (Lipinski definition) is 2. The Balaban J connectivity index is 0.000000496. The van der Waals surface area contributed by atoms with Gasteiger partial charge in [0.2, 0.25) is 0 Å². The third kappa shape index (κ3) is 6.07. The highest BCUT2D eigenvalue weighted by molar-refractivity contribution is 6.10. The number of nitrogen functional groups attached to an aromatic ring is 1. The lowest BCUT2D eigenvalue weighted by atomic mass is 9.78. The van der Waals surface area contributed by atoms with E-state index in [0.717, 1.165) is 28.3 Å². The first-order valence-corrected chi connectivity index (χ1v) is 18.5. The summed E-state index contributed by atoms with van der Waals surface area (Å²) in [5.74, 6) is 2.16. The van der Waals surface area contributed by atoms with Crippen molar-refractivity contribution in [3.8, 4) is 22.6 Å². The van der Waals surface area contributed by atoms with Gasteiger partial charge in [-0.05, 0) is 89.3 Å². The molecule has 10 rings (SSSR count). The normalized spacial score (nSPS) is 16.1. The van der Waals surface area contributed by atoms with Crippen LogP contribution in [0.5, 0.6) is 5.75 Å². The fourth-order valence-corrected chi connectivity index (χ4v) is 8.04. The highest BCUT2D eigenvalue weighted by Crippen LogP contribution is 2.51. The van der Waals surface area contributed by atoms with Crippen molar-refractivity contribution in [3.05, 3.63) is 222 Å². The van der Waals surface area contributed by atoms with Crippen molar-refractivity contribution in [2.45, 2.75) is 24.8 Å². The molecule has 4 heteroatoms. The first kappa shape index (κ1) is 33.2. The van der Waals surface area contributed by atoms with E-state index in [-0.39, 0.29) is 17.9 Å². The maximum atomic E-state index is 6.64. The summed E-state index contributed by atoms with van der Waals surface area (Å²) in [5.41, 5.74) is 25.3. The number of rotatable bonds is 5. The van der Waals surface area contributed by atoms with E-state index in [1.54, 1.807) is 0 Å². The van der Waals surface area contributed by atoms with Crippen LogP contribution in [0.3, 0.4) is 0 Å². The predicted molar refractivity (Wildman–Crippen MR) is 224 cm³/mol. The fraction of sp³-hybridized carbons (Fsp3) is 0.0800. The van der Waals surface area contributed by atoms with Crippen LogP contribution >= 0.6 is 0 Å². The molecule has 1 aliphatic carbocycles. The van der Waals surface area contributed by atoms with Gasteiger partial charge in [-0.15, -0.1) is 0 Å². The Bertz CT molecular complexity index is 2670. The van der Waals surface area contributed by atoms with Crippen LogP contribution < -0.4 is 16.2 Å². The maximum absolute atomic E-state index is 6.64. The second-order valence-electron chi connectivity index (χ2n) is 14.2. The Morgan fingerprint density at radius 1 is 0.630 bits per heavy atom. The Labute approximate surface area is 316 Å². The van der Waals surface area contributed by atoms with Crippen molar-refractivity contribution >= 4 is 27.5 Å². The molecular weight excluding hydrogens is 659 g/mol. The summed E-state index contributed by atoms with van der Waals surface area (Å²) >= 11 is 0. The zero-order chi connectivity index (χ0) is 36.6. The van der Waals surface area contributed by atoms with Gasteiger partial charge in [-0.1, -0.05) is 139 Å². The van der Waals surface area contributed by atoms with E-state index in [9.17, 15) is 0 Å². The summed E-state index contributed by atoms with van der Waals surface area (Å²) in [6, 6.07) is 59.2. The highest BCUT2D eigenvalue weighted by Gasteiger charge is 2.37. The van der Waals surface area contributed by atoms with Crippen molar-refractivity contribution < 1.29 is 4.74 Å². The Morgan fingerprint density at radius 3 is 2.06 bits per heavy atom. The van der Waals surface area contributed by atoms with E-state index in [0.29, 0.717) is 5.69 Å². The number of hydrogen-bond acceptors (Lipinski definition) is 3. The number of para-hydroxylation sites is 3. The van der Waals surface area contributed by atoms with Gasteiger partial charge in [0.1, 0.15) is 11.5 Å². The van der Waals surface area contributed by atoms with Crippen LogP contribution in [0.4, 0.5) is 5.69 Å². The lowest BCUT2D eigenvalue weighted by molar-refractivity contribution is 0.416. The van der Waals surface area contributed by atoms with Gasteiger partial charge in [0.05, 0.1) is 23.0 Å². The highest BCUT2D eigenvalue weighted by atomic mass is 16.5. The van der Waals surface area contributed by atoms with Crippen LogP contribution in [0.25, 0.3) is 38.6 Å². The fourth-order valence-electron chi connectivity index (χ4n) is 8.04. The molecule has 4 nitrogen and oxygen atoms in total. The topological polar surface area (TPSA) is 66.2 Å². The molecule has 7 aromatic carbocycles. The van der Waals surface area contributed by atoms with Crippen molar-refractivity contribution in [3.63, 3.8) is 0 Å². The Morgan fingerprint density at radius 2 is 1.30 bits per heavy atom. The minimum Gasteiger partial charge on any atom is -0.461 e. The number of aryl methyl sites for hydroxylation is 1. The SMILES string of the molecule is Cc1ccccc1.Nc1ccccc1C(N)c1ccc(C2C=CC=C3Oc4ccc(-c5ccc6c(c5)c5ccccc5n6-c5ccccc5)cc4C32)cc1. The zero-order valence-corrected chi connectivity index (χ0v) is 30.1. The molecule has 2 aliphatic rings. The van der Waals surface area contributed by atoms with Crippen LogP contribution in [0.1, 0.15) is 45.7 Å². The molecule has 262 valence electrons. The number of allylic oxidation sites excluding steroid dienone is 4. The molecule has 4 N–H and O–H groups in total. The minimum absolute atomic E-state index is 0.1000. The van der Waals surface area contributed by atoms with E-state index in [1.807, 2.05) is 42.5 Å². The molecule has 8 aromatic rings. The largest absolute Gasteiger partial charge is 0.461 e. The second kappa shape index (κ2) is 14.1. The molecule has 3 unspecified atom stereocenters. The molecule has 0 spiro atoms. The molecular formula is C50H41N3O. The average molecular weight is 700 g/mol. The number of nitrogens with two attached hydrogens (primary N) is 2. The molecule has 1 aromatic heterocycles. The van der Waals surface area contributed by atoms with Gasteiger partial charge in [0.25, 0.3) is 0 Å². The minimum atomic E-state index is -0.278. The van der Waals surface area contributed by atoms with Crippen LogP contribution in [-0.2, 0) is 0 Å². The van der Waals surface area contributed by atoms with Crippen LogP contribution in [0.15, 0.2) is 194 Å². The molecule has 1 aliphatic heterocycles. The summed E-state index contributed by atoms with van der Waals surface area (Å²) < 4.78 is 8.79. The van der Waals surface area contributed by atoms with Crippen molar-refractivity contribution in [1.29, 1.82) is 0 Å². The first-order valence-electron chi connectivity index (χ1n) is 18.5. The van der Waals surface area contributed by atoms with Crippen LogP contribution in [0.2, 0.25) is 0 Å². The summed E-state index contributed by atoms with van der Waals surface area (Å²) in [7, 11) is 0. The van der Waals surface area contributed by atoms with Gasteiger partial charge in [-0.25, -0.2) is 0 Å². The molecule has 0 saturated heterocycles. The van der Waals surface area contributed by atoms with Crippen molar-refractivity contribution in [2.75, 3.05) is 5.73 Å². The summed E-state index contributed by atoms with van der Waals surface area (Å²) in [6.07, 6.45) is 6.51. The predicted octanol–water partition coefficient (Wildman–Crippen LogP) is 11.8. The summed E-state index contributed by atoms with van der Waals surface area (Å²) in [4.78, 5) is 0. The molecule has 0 radical (unpaired) electrons. The van der Waals surface area contributed by atoms with Crippen LogP contribution in [-0.4, -0.2) is 4.57 Å². The first-order chi connectivity index (χ1) is 26.5. The summed E-state index contributed by atoms with van der Waals surface area (Å²) in [6.45, 7) is 2.08. The lowest BCUT2D eigenvalue weighted by Gasteiger charge is -2.25.